The predicted octanol–water partition coefficient (Wildman–Crippen LogP) is -0.0695. The topological polar surface area (TPSA) is 66.8 Å². The average molecular weight is 176 g/mol. The fourth-order valence-corrected chi connectivity index (χ4v) is 0.795. The van der Waals surface area contributed by atoms with E-state index in [9.17, 15) is 4.79 Å². The molecule has 0 aromatic carbocycles. The highest BCUT2D eigenvalue weighted by atomic mass is 16.5. The van der Waals surface area contributed by atoms with Gasteiger partial charge in [0.1, 0.15) is 0 Å². The standard InChI is InChI=1S/C8H16O4/c1-2-12-8(11)4-3-7(5-9)6-10/h7,9-10H,2-6H2,1H3. The molecule has 0 radical (unpaired) electrons. The van der Waals surface area contributed by atoms with Gasteiger partial charge < -0.3 is 14.9 Å². The maximum absolute atomic E-state index is 10.8. The molecule has 0 bridgehead atoms. The van der Waals surface area contributed by atoms with E-state index in [1.54, 1.807) is 6.92 Å². The highest BCUT2D eigenvalue weighted by Gasteiger charge is 2.09. The van der Waals surface area contributed by atoms with Crippen LogP contribution in [0.3, 0.4) is 0 Å². The first-order chi connectivity index (χ1) is 5.74. The number of carbonyl (C=O) groups is 1. The fraction of sp³-hybridized carbons (Fsp3) is 0.875. The van der Waals surface area contributed by atoms with Gasteiger partial charge in [-0.05, 0) is 13.3 Å². The molecule has 0 heterocycles. The van der Waals surface area contributed by atoms with Crippen LogP contribution in [0.25, 0.3) is 0 Å². The molecule has 0 aliphatic heterocycles. The minimum absolute atomic E-state index is 0.0874. The largest absolute Gasteiger partial charge is 0.466 e. The van der Waals surface area contributed by atoms with Crippen molar-refractivity contribution in [2.75, 3.05) is 19.8 Å². The summed E-state index contributed by atoms with van der Waals surface area (Å²) < 4.78 is 4.68. The van der Waals surface area contributed by atoms with E-state index in [1.807, 2.05) is 0 Å². The molecule has 0 unspecified atom stereocenters. The van der Waals surface area contributed by atoms with E-state index in [0.29, 0.717) is 13.0 Å². The van der Waals surface area contributed by atoms with Gasteiger partial charge in [0.15, 0.2) is 0 Å². The molecule has 0 aromatic rings. The minimum atomic E-state index is -0.274. The van der Waals surface area contributed by atoms with E-state index in [1.165, 1.54) is 0 Å². The van der Waals surface area contributed by atoms with Crippen molar-refractivity contribution >= 4 is 5.97 Å². The van der Waals surface area contributed by atoms with Gasteiger partial charge in [0.2, 0.25) is 0 Å². The van der Waals surface area contributed by atoms with Crippen LogP contribution >= 0.6 is 0 Å². The van der Waals surface area contributed by atoms with Crippen LogP contribution in [0.4, 0.5) is 0 Å². The molecule has 4 heteroatoms. The Morgan fingerprint density at radius 2 is 2.00 bits per heavy atom. The van der Waals surface area contributed by atoms with Crippen LogP contribution in [0.15, 0.2) is 0 Å². The second-order valence-electron chi connectivity index (χ2n) is 2.57. The first kappa shape index (κ1) is 11.4. The maximum atomic E-state index is 10.8. The molecular formula is C8H16O4. The van der Waals surface area contributed by atoms with E-state index < -0.39 is 0 Å². The molecule has 0 aliphatic rings. The van der Waals surface area contributed by atoms with Crippen LogP contribution < -0.4 is 0 Å². The Bertz CT molecular complexity index is 120. The average Bonchev–Trinajstić information content (AvgIpc) is 2.07. The molecule has 0 spiro atoms. The minimum Gasteiger partial charge on any atom is -0.466 e. The zero-order valence-corrected chi connectivity index (χ0v) is 7.32. The zero-order chi connectivity index (χ0) is 9.40. The lowest BCUT2D eigenvalue weighted by atomic mass is 10.1. The van der Waals surface area contributed by atoms with E-state index >= 15 is 0 Å². The molecule has 12 heavy (non-hydrogen) atoms. The van der Waals surface area contributed by atoms with Gasteiger partial charge in [0, 0.05) is 25.6 Å². The van der Waals surface area contributed by atoms with Gasteiger partial charge in [0.05, 0.1) is 6.61 Å². The molecule has 0 aliphatic carbocycles. The Balaban J connectivity index is 3.44. The number of hydrogen-bond acceptors (Lipinski definition) is 4. The summed E-state index contributed by atoms with van der Waals surface area (Å²) in [5, 5.41) is 17.3. The van der Waals surface area contributed by atoms with E-state index in [-0.39, 0.29) is 31.5 Å². The van der Waals surface area contributed by atoms with E-state index in [0.717, 1.165) is 0 Å². The highest BCUT2D eigenvalue weighted by molar-refractivity contribution is 5.69. The number of aliphatic hydroxyl groups excluding tert-OH is 2. The lowest BCUT2D eigenvalue weighted by Crippen LogP contribution is -2.14. The molecule has 0 rings (SSSR count). The number of esters is 1. The van der Waals surface area contributed by atoms with Crippen LogP contribution in [0.2, 0.25) is 0 Å². The third-order valence-corrected chi connectivity index (χ3v) is 1.58. The molecule has 0 saturated carbocycles. The molecule has 2 N–H and O–H groups in total. The number of aliphatic hydroxyl groups is 2. The van der Waals surface area contributed by atoms with Gasteiger partial charge in [-0.25, -0.2) is 0 Å². The van der Waals surface area contributed by atoms with Crippen molar-refractivity contribution in [3.63, 3.8) is 0 Å². The van der Waals surface area contributed by atoms with Gasteiger partial charge in [-0.3, -0.25) is 4.79 Å². The Kier molecular flexibility index (Phi) is 6.70. The second-order valence-corrected chi connectivity index (χ2v) is 2.57. The molecule has 0 saturated heterocycles. The van der Waals surface area contributed by atoms with E-state index in [4.69, 9.17) is 10.2 Å². The van der Waals surface area contributed by atoms with Crippen molar-refractivity contribution in [1.82, 2.24) is 0 Å². The van der Waals surface area contributed by atoms with Crippen LogP contribution in [-0.2, 0) is 9.53 Å². The van der Waals surface area contributed by atoms with Crippen LogP contribution in [0, 0.1) is 5.92 Å². The third kappa shape index (κ3) is 5.09. The summed E-state index contributed by atoms with van der Waals surface area (Å²) in [6.07, 6.45) is 0.742. The summed E-state index contributed by atoms with van der Waals surface area (Å²) >= 11 is 0. The number of ether oxygens (including phenoxy) is 1. The Morgan fingerprint density at radius 1 is 1.42 bits per heavy atom. The number of hydrogen-bond donors (Lipinski definition) is 2. The summed E-state index contributed by atoms with van der Waals surface area (Å²) in [6, 6.07) is 0. The molecule has 0 fully saturated rings. The zero-order valence-electron chi connectivity index (χ0n) is 7.32. The smallest absolute Gasteiger partial charge is 0.305 e. The van der Waals surface area contributed by atoms with E-state index in [2.05, 4.69) is 4.74 Å². The monoisotopic (exact) mass is 176 g/mol. The van der Waals surface area contributed by atoms with Crippen LogP contribution in [-0.4, -0.2) is 36.0 Å². The molecule has 72 valence electrons. The molecule has 4 nitrogen and oxygen atoms in total. The number of rotatable bonds is 6. The van der Waals surface area contributed by atoms with Crippen LogP contribution in [0.5, 0.6) is 0 Å². The third-order valence-electron chi connectivity index (χ3n) is 1.58. The second kappa shape index (κ2) is 7.06. The molecule has 0 amide bonds. The quantitative estimate of drug-likeness (QED) is 0.556. The van der Waals surface area contributed by atoms with Gasteiger partial charge in [0.25, 0.3) is 0 Å². The Labute approximate surface area is 72.2 Å². The van der Waals surface area contributed by atoms with Crippen molar-refractivity contribution in [3.05, 3.63) is 0 Å². The molecule has 0 aromatic heterocycles. The van der Waals surface area contributed by atoms with Gasteiger partial charge in [-0.2, -0.15) is 0 Å². The fourth-order valence-electron chi connectivity index (χ4n) is 0.795. The lowest BCUT2D eigenvalue weighted by Gasteiger charge is -2.09. The summed E-state index contributed by atoms with van der Waals surface area (Å²) in [4.78, 5) is 10.8. The first-order valence-electron chi connectivity index (χ1n) is 4.11. The van der Waals surface area contributed by atoms with Gasteiger partial charge in [-0.15, -0.1) is 0 Å². The maximum Gasteiger partial charge on any atom is 0.305 e. The van der Waals surface area contributed by atoms with Crippen molar-refractivity contribution in [2.45, 2.75) is 19.8 Å². The first-order valence-corrected chi connectivity index (χ1v) is 4.11. The molecule has 0 atom stereocenters. The highest BCUT2D eigenvalue weighted by Crippen LogP contribution is 2.05. The Morgan fingerprint density at radius 3 is 2.42 bits per heavy atom. The SMILES string of the molecule is CCOC(=O)CCC(CO)CO. The number of carbonyl (C=O) groups excluding carboxylic acids is 1. The summed E-state index contributed by atoms with van der Waals surface area (Å²) in [5.74, 6) is -0.473. The van der Waals surface area contributed by atoms with Crippen molar-refractivity contribution in [3.8, 4) is 0 Å². The predicted molar refractivity (Wildman–Crippen MR) is 43.5 cm³/mol. The molecular weight excluding hydrogens is 160 g/mol. The normalized spacial score (nSPS) is 10.3. The summed E-state index contributed by atoms with van der Waals surface area (Å²) in [7, 11) is 0. The van der Waals surface area contributed by atoms with Gasteiger partial charge in [-0.1, -0.05) is 0 Å². The summed E-state index contributed by atoms with van der Waals surface area (Å²) in [5.41, 5.74) is 0. The van der Waals surface area contributed by atoms with Crippen molar-refractivity contribution in [1.29, 1.82) is 0 Å². The van der Waals surface area contributed by atoms with Crippen molar-refractivity contribution < 1.29 is 19.7 Å². The van der Waals surface area contributed by atoms with Crippen LogP contribution in [0.1, 0.15) is 19.8 Å². The lowest BCUT2D eigenvalue weighted by molar-refractivity contribution is -0.143. The van der Waals surface area contributed by atoms with Crippen molar-refractivity contribution in [2.24, 2.45) is 5.92 Å². The summed E-state index contributed by atoms with van der Waals surface area (Å²) in [6.45, 7) is 1.95. The Hall–Kier alpha value is -0.610. The van der Waals surface area contributed by atoms with Gasteiger partial charge >= 0.3 is 5.97 Å².